The van der Waals surface area contributed by atoms with Crippen LogP contribution in [0.15, 0.2) is 48.1 Å². The number of allylic oxidation sites excluding steroid dienone is 3. The monoisotopic (exact) mass is 602 g/mol. The summed E-state index contributed by atoms with van der Waals surface area (Å²) in [4.78, 5) is 12.8. The average Bonchev–Trinajstić information content (AvgIpc) is 3.37. The van der Waals surface area contributed by atoms with Crippen molar-refractivity contribution in [2.24, 2.45) is 52.3 Å². The number of hydrogen-bond donors (Lipinski definition) is 0. The van der Waals surface area contributed by atoms with Crippen LogP contribution in [0.2, 0.25) is 0 Å². The molecule has 242 valence electrons. The van der Waals surface area contributed by atoms with Gasteiger partial charge < -0.3 is 14.2 Å². The van der Waals surface area contributed by atoms with Crippen molar-refractivity contribution < 1.29 is 19.0 Å². The highest BCUT2D eigenvalue weighted by molar-refractivity contribution is 5.87. The lowest BCUT2D eigenvalue weighted by Gasteiger charge is -2.58. The van der Waals surface area contributed by atoms with Crippen LogP contribution in [0.5, 0.6) is 11.5 Å². The zero-order valence-electron chi connectivity index (χ0n) is 28.7. The third-order valence-corrected chi connectivity index (χ3v) is 12.9. The minimum Gasteiger partial charge on any atom is -0.493 e. The van der Waals surface area contributed by atoms with Crippen LogP contribution >= 0.6 is 0 Å². The van der Waals surface area contributed by atoms with Crippen LogP contribution in [0.4, 0.5) is 0 Å². The molecule has 9 atom stereocenters. The first-order valence-corrected chi connectivity index (χ1v) is 17.5. The number of rotatable bonds is 10. The second-order valence-corrected chi connectivity index (χ2v) is 15.3. The summed E-state index contributed by atoms with van der Waals surface area (Å²) in [5.74, 6) is 6.31. The number of methoxy groups -OCH3 is 2. The molecule has 0 bridgehead atoms. The number of benzene rings is 1. The lowest BCUT2D eigenvalue weighted by molar-refractivity contribution is -0.145. The maximum Gasteiger partial charge on any atom is 0.331 e. The molecule has 3 fully saturated rings. The molecular weight excluding hydrogens is 544 g/mol. The normalized spacial score (nSPS) is 34.7. The fourth-order valence-corrected chi connectivity index (χ4v) is 10.2. The summed E-state index contributed by atoms with van der Waals surface area (Å²) in [7, 11) is 3.23. The van der Waals surface area contributed by atoms with Gasteiger partial charge in [-0.3, -0.25) is 0 Å². The third kappa shape index (κ3) is 6.29. The molecule has 1 aromatic rings. The predicted molar refractivity (Wildman–Crippen MR) is 181 cm³/mol. The van der Waals surface area contributed by atoms with E-state index in [4.69, 9.17) is 14.2 Å². The predicted octanol–water partition coefficient (Wildman–Crippen LogP) is 10.1. The minimum absolute atomic E-state index is 0.0384. The molecule has 0 N–H and O–H groups in total. The van der Waals surface area contributed by atoms with Gasteiger partial charge in [0.05, 0.1) is 14.2 Å². The lowest BCUT2D eigenvalue weighted by Crippen LogP contribution is -2.51. The molecule has 0 aromatic heterocycles. The third-order valence-electron chi connectivity index (χ3n) is 12.9. The van der Waals surface area contributed by atoms with E-state index >= 15 is 0 Å². The molecule has 3 saturated carbocycles. The number of hydrogen-bond acceptors (Lipinski definition) is 4. The maximum atomic E-state index is 12.8. The summed E-state index contributed by atoms with van der Waals surface area (Å²) in [6.07, 6.45) is 21.9. The van der Waals surface area contributed by atoms with Crippen molar-refractivity contribution in [3.8, 4) is 11.5 Å². The molecular formula is C40H58O4. The van der Waals surface area contributed by atoms with Crippen LogP contribution in [0, 0.1) is 52.3 Å². The molecule has 5 rings (SSSR count). The Morgan fingerprint density at radius 2 is 1.75 bits per heavy atom. The van der Waals surface area contributed by atoms with Crippen LogP contribution in [0.25, 0.3) is 6.08 Å². The van der Waals surface area contributed by atoms with Gasteiger partial charge in [0.2, 0.25) is 0 Å². The molecule has 0 saturated heterocycles. The summed E-state index contributed by atoms with van der Waals surface area (Å²) >= 11 is 0. The first kappa shape index (κ1) is 32.9. The minimum atomic E-state index is -0.269. The van der Waals surface area contributed by atoms with E-state index in [2.05, 4.69) is 59.8 Å². The first-order chi connectivity index (χ1) is 21.0. The molecule has 0 radical (unpaired) electrons. The van der Waals surface area contributed by atoms with Gasteiger partial charge >= 0.3 is 5.97 Å². The molecule has 44 heavy (non-hydrogen) atoms. The van der Waals surface area contributed by atoms with Gasteiger partial charge in [-0.2, -0.15) is 0 Å². The van der Waals surface area contributed by atoms with E-state index in [0.717, 1.165) is 48.5 Å². The molecule has 0 amide bonds. The highest BCUT2D eigenvalue weighted by atomic mass is 16.5. The van der Waals surface area contributed by atoms with E-state index in [0.29, 0.717) is 34.7 Å². The molecule has 0 spiro atoms. The number of carbonyl (C=O) groups excluding carboxylic acids is 1. The summed E-state index contributed by atoms with van der Waals surface area (Å²) in [5, 5.41) is 0. The number of carbonyl (C=O) groups is 1. The number of esters is 1. The second kappa shape index (κ2) is 13.5. The quantitative estimate of drug-likeness (QED) is 0.152. The summed E-state index contributed by atoms with van der Waals surface area (Å²) < 4.78 is 16.7. The Hall–Kier alpha value is -2.49. The maximum absolute atomic E-state index is 12.8. The molecule has 1 aromatic carbocycles. The molecule has 0 unspecified atom stereocenters. The van der Waals surface area contributed by atoms with Crippen LogP contribution in [-0.4, -0.2) is 26.3 Å². The van der Waals surface area contributed by atoms with E-state index in [-0.39, 0.29) is 17.5 Å². The summed E-state index contributed by atoms with van der Waals surface area (Å²) in [5.41, 5.74) is 3.14. The topological polar surface area (TPSA) is 44.8 Å². The molecule has 0 heterocycles. The first-order valence-electron chi connectivity index (χ1n) is 17.5. The fraction of sp³-hybridized carbons (Fsp3) is 0.675. The van der Waals surface area contributed by atoms with E-state index < -0.39 is 0 Å². The Morgan fingerprint density at radius 1 is 0.977 bits per heavy atom. The van der Waals surface area contributed by atoms with Crippen molar-refractivity contribution in [2.75, 3.05) is 14.2 Å². The van der Waals surface area contributed by atoms with Gasteiger partial charge in [0, 0.05) is 12.5 Å². The average molecular weight is 603 g/mol. The second-order valence-electron chi connectivity index (χ2n) is 15.3. The molecule has 4 heteroatoms. The molecule has 0 aliphatic heterocycles. The Bertz CT molecular complexity index is 1260. The van der Waals surface area contributed by atoms with E-state index in [9.17, 15) is 4.79 Å². The van der Waals surface area contributed by atoms with Gasteiger partial charge in [-0.05, 0) is 127 Å². The van der Waals surface area contributed by atoms with Gasteiger partial charge in [-0.15, -0.1) is 0 Å². The van der Waals surface area contributed by atoms with Crippen LogP contribution in [-0.2, 0) is 9.53 Å². The Labute approximate surface area is 267 Å². The number of fused-ring (bicyclic) bond motifs is 5. The standard InChI is InChI=1S/C40H58O4/c1-9-29(26(2)3)13-10-27(4)33-16-17-34-32-15-14-30-25-31(20-22-39(30,5)35(32)21-23-40(33,34)6)44-38(41)19-12-28-11-18-36(42-7)37(24-28)43-8/h10-14,18-19,24,26-27,29,31-35H,9,15-17,20-23,25H2,1-8H3/b13-10?,19-12+/t27-,29-,31+,32+,33-,34+,35+,39+,40-/m1/s1. The Balaban J connectivity index is 1.22. The zero-order chi connectivity index (χ0) is 31.6. The van der Waals surface area contributed by atoms with Crippen molar-refractivity contribution in [3.63, 3.8) is 0 Å². The van der Waals surface area contributed by atoms with Crippen LogP contribution in [0.1, 0.15) is 105 Å². The highest BCUT2D eigenvalue weighted by Crippen LogP contribution is 2.67. The SMILES string of the molecule is CC[C@H](C=C[C@@H](C)[C@H]1CC[C@H]2[C@@H]3CC=C4C[C@@H](OC(=O)/C=C/c5ccc(OC)c(OC)c5)CC[C@]4(C)[C@H]3CC[C@]12C)C(C)C. The van der Waals surface area contributed by atoms with Crippen LogP contribution in [0.3, 0.4) is 0 Å². The van der Waals surface area contributed by atoms with Gasteiger partial charge in [-0.1, -0.05) is 71.4 Å². The summed E-state index contributed by atoms with van der Waals surface area (Å²) in [6.45, 7) is 14.7. The van der Waals surface area contributed by atoms with Crippen LogP contribution < -0.4 is 9.47 Å². The van der Waals surface area contributed by atoms with Crippen molar-refractivity contribution in [1.29, 1.82) is 0 Å². The van der Waals surface area contributed by atoms with Gasteiger partial charge in [0.15, 0.2) is 11.5 Å². The van der Waals surface area contributed by atoms with Gasteiger partial charge in [0.1, 0.15) is 6.10 Å². The van der Waals surface area contributed by atoms with E-state index in [1.54, 1.807) is 31.9 Å². The number of ether oxygens (including phenoxy) is 3. The lowest BCUT2D eigenvalue weighted by atomic mass is 9.47. The molecule has 4 nitrogen and oxygen atoms in total. The Morgan fingerprint density at radius 3 is 2.45 bits per heavy atom. The summed E-state index contributed by atoms with van der Waals surface area (Å²) in [6, 6.07) is 5.63. The molecule has 4 aliphatic carbocycles. The Kier molecular flexibility index (Phi) is 10.1. The van der Waals surface area contributed by atoms with Gasteiger partial charge in [-0.25, -0.2) is 4.79 Å². The highest BCUT2D eigenvalue weighted by Gasteiger charge is 2.59. The molecule has 4 aliphatic rings. The van der Waals surface area contributed by atoms with Gasteiger partial charge in [0.25, 0.3) is 0 Å². The van der Waals surface area contributed by atoms with Crippen molar-refractivity contribution in [3.05, 3.63) is 53.6 Å². The smallest absolute Gasteiger partial charge is 0.331 e. The largest absolute Gasteiger partial charge is 0.493 e. The van der Waals surface area contributed by atoms with E-state index in [1.807, 2.05) is 18.2 Å². The van der Waals surface area contributed by atoms with Crippen molar-refractivity contribution in [1.82, 2.24) is 0 Å². The fourth-order valence-electron chi connectivity index (χ4n) is 10.2. The zero-order valence-corrected chi connectivity index (χ0v) is 28.7. The van der Waals surface area contributed by atoms with E-state index in [1.165, 1.54) is 38.5 Å². The van der Waals surface area contributed by atoms with Crippen molar-refractivity contribution >= 4 is 12.0 Å². The van der Waals surface area contributed by atoms with Crippen molar-refractivity contribution in [2.45, 2.75) is 105 Å².